The third-order valence-electron chi connectivity index (χ3n) is 4.30. The normalized spacial score (nSPS) is 11.7. The number of para-hydroxylation sites is 1. The van der Waals surface area contributed by atoms with Crippen LogP contribution in [0.3, 0.4) is 0 Å². The van der Waals surface area contributed by atoms with E-state index in [0.29, 0.717) is 5.75 Å². The van der Waals surface area contributed by atoms with Crippen molar-refractivity contribution >= 4 is 17.7 Å². The van der Waals surface area contributed by atoms with Crippen molar-refractivity contribution < 1.29 is 50.2 Å². The zero-order valence-electron chi connectivity index (χ0n) is 18.2. The molecule has 0 spiro atoms. The minimum atomic E-state index is -5.09. The average molecular weight is 502 g/mol. The first kappa shape index (κ1) is 28.8. The van der Waals surface area contributed by atoms with Crippen molar-refractivity contribution in [3.05, 3.63) is 23.8 Å². The van der Waals surface area contributed by atoms with Crippen LogP contribution >= 0.6 is 0 Å². The van der Waals surface area contributed by atoms with Gasteiger partial charge in [-0.25, -0.2) is 0 Å². The third kappa shape index (κ3) is 9.33. The molecule has 0 atom stereocenters. The molecule has 192 valence electrons. The van der Waals surface area contributed by atoms with E-state index in [4.69, 9.17) is 9.47 Å². The lowest BCUT2D eigenvalue weighted by molar-refractivity contribution is -0.173. The number of hydrogen-bond acceptors (Lipinski definition) is 6. The van der Waals surface area contributed by atoms with Crippen molar-refractivity contribution in [2.75, 3.05) is 53.5 Å². The molecule has 3 amide bonds. The molecule has 1 aromatic rings. The van der Waals surface area contributed by atoms with Crippen molar-refractivity contribution in [3.63, 3.8) is 0 Å². The van der Waals surface area contributed by atoms with E-state index in [9.17, 15) is 40.7 Å². The molecule has 3 N–H and O–H groups in total. The van der Waals surface area contributed by atoms with Gasteiger partial charge in [0.2, 0.25) is 0 Å². The fourth-order valence-electron chi connectivity index (χ4n) is 2.68. The average Bonchev–Trinajstić information content (AvgIpc) is 2.76. The molecule has 0 aromatic heterocycles. The second-order valence-electron chi connectivity index (χ2n) is 6.65. The van der Waals surface area contributed by atoms with Gasteiger partial charge >= 0.3 is 24.2 Å². The highest BCUT2D eigenvalue weighted by molar-refractivity contribution is 5.97. The smallest absolute Gasteiger partial charge is 0.471 e. The third-order valence-corrected chi connectivity index (χ3v) is 4.30. The van der Waals surface area contributed by atoms with Gasteiger partial charge in [0.15, 0.2) is 11.5 Å². The number of carbonyl (C=O) groups is 3. The first-order valence-electron chi connectivity index (χ1n) is 9.72. The zero-order chi connectivity index (χ0) is 25.9. The summed E-state index contributed by atoms with van der Waals surface area (Å²) in [6, 6.07) is 4.59. The lowest BCUT2D eigenvalue weighted by Crippen LogP contribution is -2.46. The predicted molar refractivity (Wildman–Crippen MR) is 106 cm³/mol. The van der Waals surface area contributed by atoms with Crippen LogP contribution in [0.5, 0.6) is 11.5 Å². The molecule has 0 aliphatic carbocycles. The summed E-state index contributed by atoms with van der Waals surface area (Å²) in [7, 11) is 2.72. The van der Waals surface area contributed by atoms with Gasteiger partial charge in [-0.1, -0.05) is 6.07 Å². The molecular formula is C19H24F6N4O5. The minimum Gasteiger partial charge on any atom is -0.493 e. The zero-order valence-corrected chi connectivity index (χ0v) is 18.2. The molecule has 34 heavy (non-hydrogen) atoms. The first-order chi connectivity index (χ1) is 15.8. The summed E-state index contributed by atoms with van der Waals surface area (Å²) in [6.45, 7) is -1.39. The predicted octanol–water partition coefficient (Wildman–Crippen LogP) is 1.09. The molecule has 9 nitrogen and oxygen atoms in total. The number of methoxy groups -OCH3 is 2. The Hall–Kier alpha value is -3.23. The minimum absolute atomic E-state index is 0.0121. The monoisotopic (exact) mass is 502 g/mol. The molecule has 1 aromatic carbocycles. The fourth-order valence-corrected chi connectivity index (χ4v) is 2.68. The molecular weight excluding hydrogens is 478 g/mol. The lowest BCUT2D eigenvalue weighted by atomic mass is 10.1. The Morgan fingerprint density at radius 1 is 0.794 bits per heavy atom. The van der Waals surface area contributed by atoms with Crippen LogP contribution in [0.25, 0.3) is 0 Å². The number of carbonyl (C=O) groups excluding carboxylic acids is 3. The van der Waals surface area contributed by atoms with Crippen molar-refractivity contribution in [1.82, 2.24) is 20.9 Å². The maximum atomic E-state index is 12.5. The van der Waals surface area contributed by atoms with E-state index in [-0.39, 0.29) is 37.5 Å². The summed E-state index contributed by atoms with van der Waals surface area (Å²) < 4.78 is 84.1. The number of amides is 3. The molecule has 0 aliphatic rings. The highest BCUT2D eigenvalue weighted by Gasteiger charge is 2.39. The molecule has 15 heteroatoms. The van der Waals surface area contributed by atoms with E-state index in [1.165, 1.54) is 25.2 Å². The number of nitrogens with zero attached hydrogens (tertiary/aromatic N) is 1. The largest absolute Gasteiger partial charge is 0.493 e. The van der Waals surface area contributed by atoms with Crippen LogP contribution in [0.15, 0.2) is 18.2 Å². The summed E-state index contributed by atoms with van der Waals surface area (Å²) in [5, 5.41) is 5.83. The number of ether oxygens (including phenoxy) is 2. The first-order valence-corrected chi connectivity index (χ1v) is 9.72. The van der Waals surface area contributed by atoms with Gasteiger partial charge in [0.25, 0.3) is 5.91 Å². The molecule has 1 rings (SSSR count). The summed E-state index contributed by atoms with van der Waals surface area (Å²) in [6.07, 6.45) is -10.2. The summed E-state index contributed by atoms with van der Waals surface area (Å²) in [5.41, 5.74) is 0.142. The Labute approximate surface area is 190 Å². The van der Waals surface area contributed by atoms with Crippen LogP contribution in [0.4, 0.5) is 26.3 Å². The van der Waals surface area contributed by atoms with E-state index in [2.05, 4.69) is 5.32 Å². The summed E-state index contributed by atoms with van der Waals surface area (Å²) >= 11 is 0. The Morgan fingerprint density at radius 3 is 1.68 bits per heavy atom. The molecule has 0 saturated carbocycles. The standard InChI is InChI=1S/C19H24F6N4O5/c1-33-13-5-3-4-12(14(13)34-2)15(30)26-6-9-29(10-7-27-16(31)18(20,21)22)11-8-28-17(32)19(23,24)25/h3-5H,6-11H2,1-2H3,(H,26,30)(H,27,31)(H,28,32). The Morgan fingerprint density at radius 2 is 1.26 bits per heavy atom. The fraction of sp³-hybridized carbons (Fsp3) is 0.526. The van der Waals surface area contributed by atoms with Gasteiger partial charge in [-0.15, -0.1) is 0 Å². The van der Waals surface area contributed by atoms with E-state index in [1.54, 1.807) is 22.8 Å². The Balaban J connectivity index is 2.70. The number of hydrogen-bond donors (Lipinski definition) is 3. The van der Waals surface area contributed by atoms with E-state index in [0.717, 1.165) is 0 Å². The number of rotatable bonds is 12. The number of benzene rings is 1. The second-order valence-corrected chi connectivity index (χ2v) is 6.65. The van der Waals surface area contributed by atoms with Crippen LogP contribution in [-0.4, -0.2) is 88.5 Å². The summed E-state index contributed by atoms with van der Waals surface area (Å²) in [5.74, 6) is -4.43. The molecule has 0 saturated heterocycles. The van der Waals surface area contributed by atoms with Crippen molar-refractivity contribution in [1.29, 1.82) is 0 Å². The van der Waals surface area contributed by atoms with Gasteiger partial charge in [-0.2, -0.15) is 26.3 Å². The molecule has 0 radical (unpaired) electrons. The molecule has 0 bridgehead atoms. The molecule has 0 heterocycles. The Bertz CT molecular complexity index is 815. The van der Waals surface area contributed by atoms with Gasteiger partial charge in [-0.05, 0) is 12.1 Å². The maximum absolute atomic E-state index is 12.5. The van der Waals surface area contributed by atoms with Crippen molar-refractivity contribution in [2.45, 2.75) is 12.4 Å². The van der Waals surface area contributed by atoms with E-state index in [1.807, 2.05) is 0 Å². The van der Waals surface area contributed by atoms with Crippen LogP contribution < -0.4 is 25.4 Å². The Kier molecular flexibility index (Phi) is 10.9. The molecule has 0 fully saturated rings. The number of alkyl halides is 6. The SMILES string of the molecule is COc1cccc(C(=O)NCCN(CCNC(=O)C(F)(F)F)CCNC(=O)C(F)(F)F)c1OC. The lowest BCUT2D eigenvalue weighted by Gasteiger charge is -2.23. The number of halogens is 6. The molecule has 0 unspecified atom stereocenters. The van der Waals surface area contributed by atoms with Crippen molar-refractivity contribution in [2.24, 2.45) is 0 Å². The highest BCUT2D eigenvalue weighted by atomic mass is 19.4. The van der Waals surface area contributed by atoms with Crippen molar-refractivity contribution in [3.8, 4) is 11.5 Å². The van der Waals surface area contributed by atoms with E-state index >= 15 is 0 Å². The van der Waals surface area contributed by atoms with Gasteiger partial charge in [0, 0.05) is 39.3 Å². The molecule has 0 aliphatic heterocycles. The second kappa shape index (κ2) is 12.9. The maximum Gasteiger partial charge on any atom is 0.471 e. The number of nitrogens with one attached hydrogen (secondary N) is 3. The topological polar surface area (TPSA) is 109 Å². The van der Waals surface area contributed by atoms with Gasteiger partial charge in [0.1, 0.15) is 0 Å². The van der Waals surface area contributed by atoms with E-state index < -0.39 is 43.2 Å². The van der Waals surface area contributed by atoms with Crippen LogP contribution in [0.2, 0.25) is 0 Å². The highest BCUT2D eigenvalue weighted by Crippen LogP contribution is 2.30. The van der Waals surface area contributed by atoms with Gasteiger partial charge in [-0.3, -0.25) is 19.3 Å². The van der Waals surface area contributed by atoms with Crippen LogP contribution in [0.1, 0.15) is 10.4 Å². The van der Waals surface area contributed by atoms with Crippen LogP contribution in [0, 0.1) is 0 Å². The summed E-state index contributed by atoms with van der Waals surface area (Å²) in [4.78, 5) is 35.7. The van der Waals surface area contributed by atoms with Crippen LogP contribution in [-0.2, 0) is 9.59 Å². The van der Waals surface area contributed by atoms with Gasteiger partial charge < -0.3 is 25.4 Å². The quantitative estimate of drug-likeness (QED) is 0.370. The van der Waals surface area contributed by atoms with Gasteiger partial charge in [0.05, 0.1) is 19.8 Å².